The van der Waals surface area contributed by atoms with Gasteiger partial charge in [-0.05, 0) is 67.6 Å². The third-order valence-electron chi connectivity index (χ3n) is 6.80. The fourth-order valence-electron chi connectivity index (χ4n) is 2.79. The van der Waals surface area contributed by atoms with Crippen LogP contribution in [0.1, 0.15) is 60.8 Å². The first-order valence-electron chi connectivity index (χ1n) is 9.94. The summed E-state index contributed by atoms with van der Waals surface area (Å²) in [5, 5.41) is 3.94. The van der Waals surface area contributed by atoms with Crippen molar-refractivity contribution in [3.8, 4) is 0 Å². The van der Waals surface area contributed by atoms with Crippen LogP contribution in [0.5, 0.6) is 0 Å². The standard InChI is InChI=1S/C20H41NO2Si2/c1-18(2,3)24(7,8)22-17(16-11-14-21-15-16)20(12-13-20)23-25(9,10)19(4,5)6/h21H,11-15H2,1-10H3/b17-16-. The van der Waals surface area contributed by atoms with E-state index >= 15 is 0 Å². The Morgan fingerprint density at radius 2 is 1.44 bits per heavy atom. The smallest absolute Gasteiger partial charge is 0.250 e. The van der Waals surface area contributed by atoms with E-state index in [0.717, 1.165) is 32.4 Å². The average Bonchev–Trinajstić information content (AvgIpc) is 2.97. The van der Waals surface area contributed by atoms with Gasteiger partial charge in [-0.2, -0.15) is 0 Å². The van der Waals surface area contributed by atoms with Gasteiger partial charge in [-0.3, -0.25) is 0 Å². The van der Waals surface area contributed by atoms with Gasteiger partial charge in [0.05, 0.1) is 0 Å². The molecule has 0 radical (unpaired) electrons. The van der Waals surface area contributed by atoms with Gasteiger partial charge in [0.1, 0.15) is 11.4 Å². The summed E-state index contributed by atoms with van der Waals surface area (Å²) < 4.78 is 13.9. The van der Waals surface area contributed by atoms with Crippen molar-refractivity contribution >= 4 is 16.6 Å². The van der Waals surface area contributed by atoms with E-state index in [0.29, 0.717) is 0 Å². The molecular formula is C20H41NO2Si2. The van der Waals surface area contributed by atoms with E-state index in [1.54, 1.807) is 0 Å². The van der Waals surface area contributed by atoms with Crippen molar-refractivity contribution in [3.63, 3.8) is 0 Å². The zero-order valence-corrected chi connectivity index (χ0v) is 20.4. The normalized spacial score (nSPS) is 23.6. The van der Waals surface area contributed by atoms with Crippen LogP contribution in [0.2, 0.25) is 36.3 Å². The minimum absolute atomic E-state index is 0.139. The zero-order valence-electron chi connectivity index (χ0n) is 18.4. The summed E-state index contributed by atoms with van der Waals surface area (Å²) in [6.45, 7) is 25.4. The van der Waals surface area contributed by atoms with E-state index in [2.05, 4.69) is 73.0 Å². The van der Waals surface area contributed by atoms with Crippen LogP contribution in [-0.4, -0.2) is 35.3 Å². The third kappa shape index (κ3) is 4.42. The molecule has 1 N–H and O–H groups in total. The minimum Gasteiger partial charge on any atom is -0.544 e. The van der Waals surface area contributed by atoms with Gasteiger partial charge >= 0.3 is 0 Å². The largest absolute Gasteiger partial charge is 0.544 e. The Hall–Kier alpha value is -0.106. The molecule has 0 unspecified atom stereocenters. The molecule has 0 atom stereocenters. The fraction of sp³-hybridized carbons (Fsp3) is 0.900. The molecule has 0 aromatic carbocycles. The lowest BCUT2D eigenvalue weighted by Crippen LogP contribution is -2.48. The summed E-state index contributed by atoms with van der Waals surface area (Å²) in [5.41, 5.74) is 1.32. The molecule has 2 aliphatic rings. The molecule has 25 heavy (non-hydrogen) atoms. The lowest BCUT2D eigenvalue weighted by molar-refractivity contribution is 0.138. The highest BCUT2D eigenvalue weighted by Gasteiger charge is 2.57. The Bertz CT molecular complexity index is 527. The number of rotatable bonds is 5. The first-order valence-corrected chi connectivity index (χ1v) is 15.8. The molecule has 1 aliphatic heterocycles. The van der Waals surface area contributed by atoms with Crippen LogP contribution < -0.4 is 5.32 Å². The van der Waals surface area contributed by atoms with Crippen molar-refractivity contribution in [1.82, 2.24) is 5.32 Å². The molecule has 0 aromatic heterocycles. The second-order valence-electron chi connectivity index (χ2n) is 11.1. The van der Waals surface area contributed by atoms with E-state index in [-0.39, 0.29) is 15.7 Å². The zero-order chi connectivity index (χ0) is 19.3. The molecule has 0 amide bonds. The summed E-state index contributed by atoms with van der Waals surface area (Å²) in [7, 11) is -3.71. The lowest BCUT2D eigenvalue weighted by atomic mass is 10.1. The van der Waals surface area contributed by atoms with E-state index in [1.165, 1.54) is 11.3 Å². The van der Waals surface area contributed by atoms with Gasteiger partial charge in [0.15, 0.2) is 8.32 Å². The highest BCUT2D eigenvalue weighted by atomic mass is 28.4. The molecule has 1 heterocycles. The monoisotopic (exact) mass is 383 g/mol. The van der Waals surface area contributed by atoms with E-state index < -0.39 is 16.6 Å². The van der Waals surface area contributed by atoms with Crippen LogP contribution in [0.3, 0.4) is 0 Å². The maximum absolute atomic E-state index is 6.98. The van der Waals surface area contributed by atoms with Crippen molar-refractivity contribution in [3.05, 3.63) is 11.3 Å². The topological polar surface area (TPSA) is 30.5 Å². The highest BCUT2D eigenvalue weighted by Crippen LogP contribution is 2.54. The van der Waals surface area contributed by atoms with Crippen LogP contribution in [-0.2, 0) is 8.85 Å². The van der Waals surface area contributed by atoms with E-state index in [4.69, 9.17) is 8.85 Å². The summed E-state index contributed by atoms with van der Waals surface area (Å²) in [6.07, 6.45) is 3.34. The first kappa shape index (κ1) is 21.2. The Kier molecular flexibility index (Phi) is 5.51. The third-order valence-corrected chi connectivity index (χ3v) is 15.6. The summed E-state index contributed by atoms with van der Waals surface area (Å²) >= 11 is 0. The molecule has 1 saturated heterocycles. The van der Waals surface area contributed by atoms with Gasteiger partial charge in [0.25, 0.3) is 0 Å². The van der Waals surface area contributed by atoms with E-state index in [9.17, 15) is 0 Å². The second-order valence-corrected chi connectivity index (χ2v) is 20.5. The Morgan fingerprint density at radius 3 is 1.80 bits per heavy atom. The van der Waals surface area contributed by atoms with E-state index in [1.807, 2.05) is 0 Å². The Morgan fingerprint density at radius 1 is 0.920 bits per heavy atom. The van der Waals surface area contributed by atoms with Crippen LogP contribution >= 0.6 is 0 Å². The fourth-order valence-corrected chi connectivity index (χ4v) is 5.51. The molecule has 0 bridgehead atoms. The SMILES string of the molecule is CC(C)(C)[Si](C)(C)O/C(=C1/CCNC1)C1(O[Si](C)(C)C(C)(C)C)CC1. The Labute approximate surface area is 158 Å². The maximum atomic E-state index is 6.98. The van der Waals surface area contributed by atoms with Gasteiger partial charge < -0.3 is 14.2 Å². The van der Waals surface area contributed by atoms with Gasteiger partial charge in [0, 0.05) is 6.54 Å². The molecule has 146 valence electrons. The van der Waals surface area contributed by atoms with Gasteiger partial charge in [0.2, 0.25) is 8.32 Å². The first-order chi connectivity index (χ1) is 11.1. The van der Waals surface area contributed by atoms with Gasteiger partial charge in [-0.25, -0.2) is 0 Å². The molecule has 0 aromatic rings. The quantitative estimate of drug-likeness (QED) is 0.480. The summed E-state index contributed by atoms with van der Waals surface area (Å²) in [5.74, 6) is 1.22. The molecule has 0 spiro atoms. The lowest BCUT2D eigenvalue weighted by Gasteiger charge is -2.44. The molecule has 5 heteroatoms. The molecule has 2 fully saturated rings. The average molecular weight is 384 g/mol. The van der Waals surface area contributed by atoms with Crippen molar-refractivity contribution in [2.75, 3.05) is 13.1 Å². The predicted molar refractivity (Wildman–Crippen MR) is 113 cm³/mol. The van der Waals surface area contributed by atoms with Crippen LogP contribution in [0.25, 0.3) is 0 Å². The Balaban J connectivity index is 2.36. The van der Waals surface area contributed by atoms with Crippen molar-refractivity contribution in [1.29, 1.82) is 0 Å². The van der Waals surface area contributed by atoms with Crippen LogP contribution in [0, 0.1) is 0 Å². The molecule has 2 rings (SSSR count). The van der Waals surface area contributed by atoms with Gasteiger partial charge in [-0.15, -0.1) is 0 Å². The van der Waals surface area contributed by atoms with Crippen molar-refractivity contribution in [2.24, 2.45) is 0 Å². The van der Waals surface area contributed by atoms with Crippen LogP contribution in [0.15, 0.2) is 11.3 Å². The maximum Gasteiger partial charge on any atom is 0.250 e. The molecule has 1 saturated carbocycles. The number of nitrogens with one attached hydrogen (secondary N) is 1. The van der Waals surface area contributed by atoms with Gasteiger partial charge in [-0.1, -0.05) is 41.5 Å². The summed E-state index contributed by atoms with van der Waals surface area (Å²) in [6, 6.07) is 0. The van der Waals surface area contributed by atoms with Crippen LogP contribution in [0.4, 0.5) is 0 Å². The molecule has 1 aliphatic carbocycles. The minimum atomic E-state index is -1.88. The second kappa shape index (κ2) is 6.50. The molecule has 3 nitrogen and oxygen atoms in total. The highest BCUT2D eigenvalue weighted by molar-refractivity contribution is 6.75. The number of hydrogen-bond donors (Lipinski definition) is 1. The summed E-state index contributed by atoms with van der Waals surface area (Å²) in [4.78, 5) is 0. The predicted octanol–water partition coefficient (Wildman–Crippen LogP) is 5.81. The molecular weight excluding hydrogens is 342 g/mol. The number of hydrogen-bond acceptors (Lipinski definition) is 3. The van der Waals surface area contributed by atoms with Crippen molar-refractivity contribution in [2.45, 2.75) is 103 Å². The van der Waals surface area contributed by atoms with Crippen molar-refractivity contribution < 1.29 is 8.85 Å².